The fourth-order valence-corrected chi connectivity index (χ4v) is 1.82. The lowest BCUT2D eigenvalue weighted by Gasteiger charge is -2.12. The Bertz CT molecular complexity index is 451. The van der Waals surface area contributed by atoms with Crippen LogP contribution in [0.3, 0.4) is 0 Å². The maximum atomic E-state index is 11.7. The smallest absolute Gasteiger partial charge is 0.407 e. The lowest BCUT2D eigenvalue weighted by atomic mass is 10.1. The number of aliphatic hydroxyl groups is 1. The van der Waals surface area contributed by atoms with Gasteiger partial charge in [-0.25, -0.2) is 4.79 Å². The Morgan fingerprint density at radius 1 is 1.50 bits per heavy atom. The first-order valence-electron chi connectivity index (χ1n) is 5.33. The molecule has 0 fully saturated rings. The van der Waals surface area contributed by atoms with Crippen LogP contribution in [0.25, 0.3) is 5.70 Å². The normalized spacial score (nSPS) is 14.6. The zero-order valence-corrected chi connectivity index (χ0v) is 9.14. The second kappa shape index (κ2) is 4.35. The number of hydrogen-bond acceptors (Lipinski definition) is 3. The molecule has 16 heavy (non-hydrogen) atoms. The summed E-state index contributed by atoms with van der Waals surface area (Å²) in [6.45, 7) is 2.05. The van der Waals surface area contributed by atoms with Crippen molar-refractivity contribution in [2.45, 2.75) is 19.8 Å². The van der Waals surface area contributed by atoms with Crippen LogP contribution in [0.15, 0.2) is 30.2 Å². The number of allylic oxidation sites excluding steroid dienone is 1. The van der Waals surface area contributed by atoms with Gasteiger partial charge in [-0.3, -0.25) is 0 Å². The van der Waals surface area contributed by atoms with E-state index in [1.807, 2.05) is 18.2 Å². The molecular formula is C12H14NO3+. The molecule has 1 aromatic rings. The molecule has 0 bridgehead atoms. The van der Waals surface area contributed by atoms with Gasteiger partial charge in [0.1, 0.15) is 0 Å². The van der Waals surface area contributed by atoms with Crippen molar-refractivity contribution in [3.8, 4) is 0 Å². The van der Waals surface area contributed by atoms with E-state index in [2.05, 4.69) is 0 Å². The molecule has 0 amide bonds. The van der Waals surface area contributed by atoms with Crippen molar-refractivity contribution < 1.29 is 19.2 Å². The van der Waals surface area contributed by atoms with E-state index in [4.69, 9.17) is 4.74 Å². The van der Waals surface area contributed by atoms with Gasteiger partial charge in [-0.05, 0) is 6.92 Å². The number of aryl methyl sites for hydroxylation is 1. The van der Waals surface area contributed by atoms with E-state index < -0.39 is 5.97 Å². The summed E-state index contributed by atoms with van der Waals surface area (Å²) < 4.78 is 6.62. The van der Waals surface area contributed by atoms with Crippen molar-refractivity contribution >= 4 is 11.7 Å². The standard InChI is InChI=1S/C12H13NO3/c1-2-16-12(15)11-10(14)7-6-9-5-3-4-8-13(9)11/h3-5,8H,2,6-7H2,1H3/p+1. The van der Waals surface area contributed by atoms with Crippen molar-refractivity contribution in [1.82, 2.24) is 0 Å². The van der Waals surface area contributed by atoms with Gasteiger partial charge in [0, 0.05) is 25.0 Å². The molecule has 0 aromatic carbocycles. The zero-order chi connectivity index (χ0) is 11.5. The minimum absolute atomic E-state index is 0.0992. The highest BCUT2D eigenvalue weighted by Gasteiger charge is 2.33. The van der Waals surface area contributed by atoms with Crippen molar-refractivity contribution in [3.63, 3.8) is 0 Å². The highest BCUT2D eigenvalue weighted by molar-refractivity contribution is 6.06. The molecule has 0 radical (unpaired) electrons. The maximum absolute atomic E-state index is 11.7. The van der Waals surface area contributed by atoms with Gasteiger partial charge in [-0.2, -0.15) is 4.57 Å². The molecule has 0 aliphatic carbocycles. The highest BCUT2D eigenvalue weighted by atomic mass is 16.5. The number of fused-ring (bicyclic) bond motifs is 1. The molecule has 0 atom stereocenters. The summed E-state index contributed by atoms with van der Waals surface area (Å²) in [7, 11) is 0. The second-order valence-corrected chi connectivity index (χ2v) is 3.58. The van der Waals surface area contributed by atoms with E-state index in [1.165, 1.54) is 0 Å². The Hall–Kier alpha value is -1.84. The van der Waals surface area contributed by atoms with E-state index >= 15 is 0 Å². The van der Waals surface area contributed by atoms with Gasteiger partial charge in [0.2, 0.25) is 0 Å². The molecule has 1 aliphatic heterocycles. The van der Waals surface area contributed by atoms with Crippen molar-refractivity contribution in [1.29, 1.82) is 0 Å². The fraction of sp³-hybridized carbons (Fsp3) is 0.333. The molecule has 2 rings (SSSR count). The number of carbonyl (C=O) groups is 1. The van der Waals surface area contributed by atoms with Gasteiger partial charge in [0.05, 0.1) is 6.61 Å². The lowest BCUT2D eigenvalue weighted by Crippen LogP contribution is -2.44. The molecule has 84 valence electrons. The molecule has 1 N–H and O–H groups in total. The first kappa shape index (κ1) is 10.7. The number of carbonyl (C=O) groups excluding carboxylic acids is 1. The van der Waals surface area contributed by atoms with E-state index in [1.54, 1.807) is 17.7 Å². The number of pyridine rings is 1. The predicted octanol–water partition coefficient (Wildman–Crippen LogP) is 1.21. The van der Waals surface area contributed by atoms with Crippen molar-refractivity contribution in [2.24, 2.45) is 0 Å². The van der Waals surface area contributed by atoms with Crippen LogP contribution in [-0.2, 0) is 16.0 Å². The Labute approximate surface area is 93.8 Å². The van der Waals surface area contributed by atoms with Gasteiger partial charge < -0.3 is 9.84 Å². The van der Waals surface area contributed by atoms with Crippen LogP contribution in [-0.4, -0.2) is 17.7 Å². The van der Waals surface area contributed by atoms with Gasteiger partial charge in [-0.1, -0.05) is 6.07 Å². The third-order valence-electron chi connectivity index (χ3n) is 2.55. The average Bonchev–Trinajstić information content (AvgIpc) is 2.29. The van der Waals surface area contributed by atoms with Crippen LogP contribution in [0, 0.1) is 0 Å². The largest absolute Gasteiger partial charge is 0.506 e. The van der Waals surface area contributed by atoms with Crippen LogP contribution in [0.1, 0.15) is 19.0 Å². The summed E-state index contributed by atoms with van der Waals surface area (Å²) in [6.07, 6.45) is 2.98. The van der Waals surface area contributed by atoms with Crippen LogP contribution in [0.2, 0.25) is 0 Å². The topological polar surface area (TPSA) is 50.4 Å². The van der Waals surface area contributed by atoms with Gasteiger partial charge in [0.15, 0.2) is 17.6 Å². The number of aromatic nitrogens is 1. The van der Waals surface area contributed by atoms with E-state index in [-0.39, 0.29) is 11.5 Å². The number of hydrogen-bond donors (Lipinski definition) is 1. The van der Waals surface area contributed by atoms with Crippen LogP contribution >= 0.6 is 0 Å². The Morgan fingerprint density at radius 3 is 3.06 bits per heavy atom. The number of rotatable bonds is 2. The summed E-state index contributed by atoms with van der Waals surface area (Å²) in [4.78, 5) is 11.7. The van der Waals surface area contributed by atoms with Gasteiger partial charge in [-0.15, -0.1) is 0 Å². The number of ether oxygens (including phenoxy) is 1. The Morgan fingerprint density at radius 2 is 2.31 bits per heavy atom. The minimum atomic E-state index is -0.475. The average molecular weight is 220 g/mol. The third kappa shape index (κ3) is 1.78. The number of esters is 1. The molecule has 2 heterocycles. The quantitative estimate of drug-likeness (QED) is 0.602. The molecule has 0 unspecified atom stereocenters. The first-order valence-corrected chi connectivity index (χ1v) is 5.33. The van der Waals surface area contributed by atoms with Gasteiger partial charge in [0.25, 0.3) is 0 Å². The van der Waals surface area contributed by atoms with Crippen LogP contribution in [0.5, 0.6) is 0 Å². The van der Waals surface area contributed by atoms with Crippen molar-refractivity contribution in [2.75, 3.05) is 6.61 Å². The summed E-state index contributed by atoms with van der Waals surface area (Å²) in [5, 5.41) is 9.77. The molecule has 4 nitrogen and oxygen atoms in total. The van der Waals surface area contributed by atoms with Crippen molar-refractivity contribution in [3.05, 3.63) is 35.8 Å². The fourth-order valence-electron chi connectivity index (χ4n) is 1.82. The summed E-state index contributed by atoms with van der Waals surface area (Å²) in [5.41, 5.74) is 1.24. The zero-order valence-electron chi connectivity index (χ0n) is 9.14. The van der Waals surface area contributed by atoms with E-state index in [0.717, 1.165) is 12.1 Å². The van der Waals surface area contributed by atoms with Crippen LogP contribution < -0.4 is 4.57 Å². The SMILES string of the molecule is CCOC(=O)C1=C(O)CCc2cccc[n+]21. The second-order valence-electron chi connectivity index (χ2n) is 3.58. The minimum Gasteiger partial charge on any atom is -0.506 e. The molecule has 1 aromatic heterocycles. The third-order valence-corrected chi connectivity index (χ3v) is 2.55. The number of aliphatic hydroxyl groups excluding tert-OH is 1. The molecule has 0 spiro atoms. The predicted molar refractivity (Wildman–Crippen MR) is 57.4 cm³/mol. The maximum Gasteiger partial charge on any atom is 0.407 e. The first-order chi connectivity index (χ1) is 7.74. The summed E-state index contributed by atoms with van der Waals surface area (Å²) in [5.74, 6) is -0.376. The lowest BCUT2D eigenvalue weighted by molar-refractivity contribution is -0.591. The van der Waals surface area contributed by atoms with Gasteiger partial charge >= 0.3 is 11.7 Å². The summed E-state index contributed by atoms with van der Waals surface area (Å²) in [6, 6.07) is 5.67. The molecule has 0 saturated heterocycles. The summed E-state index contributed by atoms with van der Waals surface area (Å²) >= 11 is 0. The Kier molecular flexibility index (Phi) is 2.90. The Balaban J connectivity index is 2.45. The molecule has 1 aliphatic rings. The highest BCUT2D eigenvalue weighted by Crippen LogP contribution is 2.17. The molecule has 0 saturated carbocycles. The molecule has 4 heteroatoms. The van der Waals surface area contributed by atoms with E-state index in [9.17, 15) is 9.90 Å². The van der Waals surface area contributed by atoms with E-state index in [0.29, 0.717) is 13.0 Å². The number of nitrogens with zero attached hydrogens (tertiary/aromatic N) is 1. The monoisotopic (exact) mass is 220 g/mol. The molecular weight excluding hydrogens is 206 g/mol. The van der Waals surface area contributed by atoms with Crippen LogP contribution in [0.4, 0.5) is 0 Å².